The minimum Gasteiger partial charge on any atom is -0.342 e. The summed E-state index contributed by atoms with van der Waals surface area (Å²) in [4.78, 5) is 33.2. The number of carbonyl (C=O) groups is 2. The summed E-state index contributed by atoms with van der Waals surface area (Å²) in [6.45, 7) is 5.50. The van der Waals surface area contributed by atoms with Crippen molar-refractivity contribution >= 4 is 28.3 Å². The van der Waals surface area contributed by atoms with Gasteiger partial charge in [-0.15, -0.1) is 0 Å². The van der Waals surface area contributed by atoms with Crippen LogP contribution in [-0.4, -0.2) is 34.8 Å². The lowest BCUT2D eigenvalue weighted by Crippen LogP contribution is -2.42. The van der Waals surface area contributed by atoms with E-state index in [0.717, 1.165) is 34.5 Å². The normalized spacial score (nSPS) is 16.6. The Balaban J connectivity index is 1.34. The van der Waals surface area contributed by atoms with E-state index in [0.29, 0.717) is 31.1 Å². The molecule has 33 heavy (non-hydrogen) atoms. The van der Waals surface area contributed by atoms with Gasteiger partial charge in [-0.1, -0.05) is 71.0 Å². The lowest BCUT2D eigenvalue weighted by Gasteiger charge is -2.31. The molecule has 1 saturated carbocycles. The predicted octanol–water partition coefficient (Wildman–Crippen LogP) is 5.68. The van der Waals surface area contributed by atoms with E-state index in [-0.39, 0.29) is 23.7 Å². The van der Waals surface area contributed by atoms with Gasteiger partial charge >= 0.3 is 0 Å². The van der Waals surface area contributed by atoms with Crippen molar-refractivity contribution in [3.63, 3.8) is 0 Å². The van der Waals surface area contributed by atoms with Crippen LogP contribution >= 0.6 is 11.3 Å². The van der Waals surface area contributed by atoms with Gasteiger partial charge < -0.3 is 10.2 Å². The smallest absolute Gasteiger partial charge is 0.229 e. The van der Waals surface area contributed by atoms with Gasteiger partial charge in [0.05, 0.1) is 10.6 Å². The zero-order valence-corrected chi connectivity index (χ0v) is 20.0. The van der Waals surface area contributed by atoms with Crippen LogP contribution in [0.15, 0.2) is 48.5 Å². The summed E-state index contributed by atoms with van der Waals surface area (Å²) in [5.41, 5.74) is 5.44. The number of nitrogens with one attached hydrogen (secondary N) is 1. The number of nitrogens with zero attached hydrogens (tertiary/aromatic N) is 2. The lowest BCUT2D eigenvalue weighted by molar-refractivity contribution is -0.135. The van der Waals surface area contributed by atoms with Crippen molar-refractivity contribution in [1.82, 2.24) is 9.88 Å². The first-order valence-corrected chi connectivity index (χ1v) is 12.5. The first-order valence-electron chi connectivity index (χ1n) is 11.7. The molecule has 3 aromatic rings. The molecule has 1 aliphatic carbocycles. The Kier molecular flexibility index (Phi) is 6.02. The summed E-state index contributed by atoms with van der Waals surface area (Å²) in [7, 11) is 0. The first-order chi connectivity index (χ1) is 16.0. The summed E-state index contributed by atoms with van der Waals surface area (Å²) in [6.07, 6.45) is 3.47. The molecule has 1 aromatic heterocycles. The highest BCUT2D eigenvalue weighted by molar-refractivity contribution is 7.19. The lowest BCUT2D eigenvalue weighted by atomic mass is 9.95. The molecule has 2 amide bonds. The second kappa shape index (κ2) is 9.10. The van der Waals surface area contributed by atoms with Gasteiger partial charge in [0.15, 0.2) is 5.13 Å². The van der Waals surface area contributed by atoms with Crippen LogP contribution in [0.25, 0.3) is 21.7 Å². The minimum absolute atomic E-state index is 0.00758. The molecule has 0 spiro atoms. The van der Waals surface area contributed by atoms with Gasteiger partial charge in [-0.3, -0.25) is 9.59 Å². The molecular formula is C27H29N3O2S. The van der Waals surface area contributed by atoms with Crippen molar-refractivity contribution in [2.75, 3.05) is 18.4 Å². The zero-order valence-electron chi connectivity index (χ0n) is 19.1. The van der Waals surface area contributed by atoms with Crippen molar-refractivity contribution < 1.29 is 9.59 Å². The molecule has 2 aromatic carbocycles. The fourth-order valence-corrected chi connectivity index (χ4v) is 5.34. The molecule has 1 aliphatic heterocycles. The van der Waals surface area contributed by atoms with E-state index in [9.17, 15) is 9.59 Å². The number of thiazole rings is 1. The van der Waals surface area contributed by atoms with Gasteiger partial charge in [0, 0.05) is 30.5 Å². The van der Waals surface area contributed by atoms with Crippen molar-refractivity contribution in [1.29, 1.82) is 0 Å². The van der Waals surface area contributed by atoms with E-state index >= 15 is 0 Å². The number of piperidine rings is 1. The quantitative estimate of drug-likeness (QED) is 0.534. The molecule has 170 valence electrons. The number of anilines is 1. The van der Waals surface area contributed by atoms with Crippen molar-refractivity contribution in [2.45, 2.75) is 39.5 Å². The van der Waals surface area contributed by atoms with Crippen LogP contribution < -0.4 is 5.32 Å². The maximum absolute atomic E-state index is 13.0. The fraction of sp³-hybridized carbons (Fsp3) is 0.370. The average molecular weight is 460 g/mol. The highest BCUT2D eigenvalue weighted by Crippen LogP contribution is 2.39. The van der Waals surface area contributed by atoms with Gasteiger partial charge in [-0.25, -0.2) is 4.98 Å². The number of aromatic nitrogens is 1. The molecule has 2 heterocycles. The summed E-state index contributed by atoms with van der Waals surface area (Å²) < 4.78 is 0. The molecule has 0 bridgehead atoms. The highest BCUT2D eigenvalue weighted by atomic mass is 32.1. The molecule has 1 saturated heterocycles. The third-order valence-electron chi connectivity index (χ3n) is 6.60. The van der Waals surface area contributed by atoms with E-state index in [1.54, 1.807) is 0 Å². The van der Waals surface area contributed by atoms with Gasteiger partial charge in [0.2, 0.25) is 11.8 Å². The Labute approximate surface area is 198 Å². The molecule has 0 unspecified atom stereocenters. The summed E-state index contributed by atoms with van der Waals surface area (Å²) >= 11 is 1.52. The monoisotopic (exact) mass is 459 g/mol. The number of benzene rings is 2. The van der Waals surface area contributed by atoms with Gasteiger partial charge in [0.25, 0.3) is 0 Å². The third-order valence-corrected chi connectivity index (χ3v) is 7.62. The summed E-state index contributed by atoms with van der Waals surface area (Å²) in [6, 6.07) is 16.8. The molecule has 6 heteroatoms. The number of amides is 2. The van der Waals surface area contributed by atoms with Crippen LogP contribution in [0.1, 0.15) is 36.8 Å². The zero-order chi connectivity index (χ0) is 22.9. The average Bonchev–Trinajstić information content (AvgIpc) is 3.60. The minimum atomic E-state index is -0.0807. The second-order valence-corrected chi connectivity index (χ2v) is 10.3. The molecule has 0 radical (unpaired) electrons. The molecule has 5 rings (SSSR count). The standard InChI is InChI=1S/C27H29N3O2S/c1-17-3-7-19(8-4-17)23-24(20-9-5-18(2)6-10-20)33-27(28-23)29-25(31)21-13-15-30(16-14-21)26(32)22-11-12-22/h3-10,21-22H,11-16H2,1-2H3,(H,28,29,31). The largest absolute Gasteiger partial charge is 0.342 e. The number of hydrogen-bond donors (Lipinski definition) is 1. The summed E-state index contributed by atoms with van der Waals surface area (Å²) in [5.74, 6) is 0.446. The number of aryl methyl sites for hydroxylation is 2. The summed E-state index contributed by atoms with van der Waals surface area (Å²) in [5, 5.41) is 3.71. The van der Waals surface area contributed by atoms with Crippen LogP contribution in [0.3, 0.4) is 0 Å². The number of rotatable bonds is 5. The first kappa shape index (κ1) is 21.8. The Hall–Kier alpha value is -2.99. The van der Waals surface area contributed by atoms with Crippen LogP contribution in [0, 0.1) is 25.7 Å². The van der Waals surface area contributed by atoms with Crippen molar-refractivity contribution in [3.8, 4) is 21.7 Å². The van der Waals surface area contributed by atoms with Crippen LogP contribution in [-0.2, 0) is 9.59 Å². The molecule has 2 aliphatic rings. The van der Waals surface area contributed by atoms with E-state index in [1.807, 2.05) is 4.90 Å². The molecular weight excluding hydrogens is 430 g/mol. The Morgan fingerprint density at radius 2 is 1.42 bits per heavy atom. The van der Waals surface area contributed by atoms with E-state index < -0.39 is 0 Å². The van der Waals surface area contributed by atoms with E-state index in [2.05, 4.69) is 67.7 Å². The number of hydrogen-bond acceptors (Lipinski definition) is 4. The van der Waals surface area contributed by atoms with E-state index in [1.165, 1.54) is 22.5 Å². The maximum Gasteiger partial charge on any atom is 0.229 e. The highest BCUT2D eigenvalue weighted by Gasteiger charge is 2.36. The van der Waals surface area contributed by atoms with Gasteiger partial charge in [0.1, 0.15) is 0 Å². The topological polar surface area (TPSA) is 62.3 Å². The van der Waals surface area contributed by atoms with Crippen molar-refractivity contribution in [3.05, 3.63) is 59.7 Å². The van der Waals surface area contributed by atoms with Crippen LogP contribution in [0.2, 0.25) is 0 Å². The maximum atomic E-state index is 13.0. The van der Waals surface area contributed by atoms with Gasteiger partial charge in [-0.05, 0) is 45.1 Å². The van der Waals surface area contributed by atoms with Crippen LogP contribution in [0.4, 0.5) is 5.13 Å². The third kappa shape index (κ3) is 4.86. The fourth-order valence-electron chi connectivity index (χ4n) is 4.34. The number of carbonyl (C=O) groups excluding carboxylic acids is 2. The Bertz CT molecular complexity index is 1090. The molecule has 1 N–H and O–H groups in total. The Morgan fingerprint density at radius 3 is 2.00 bits per heavy atom. The predicted molar refractivity (Wildman–Crippen MR) is 133 cm³/mol. The van der Waals surface area contributed by atoms with Crippen molar-refractivity contribution in [2.24, 2.45) is 11.8 Å². The Morgan fingerprint density at radius 1 is 0.848 bits per heavy atom. The number of likely N-dealkylation sites (tertiary alicyclic amines) is 1. The van der Waals surface area contributed by atoms with Crippen LogP contribution in [0.5, 0.6) is 0 Å². The SMILES string of the molecule is Cc1ccc(-c2nc(NC(=O)C3CCN(C(=O)C4CC4)CC3)sc2-c2ccc(C)cc2)cc1. The second-order valence-electron chi connectivity index (χ2n) is 9.29. The molecule has 5 nitrogen and oxygen atoms in total. The van der Waals surface area contributed by atoms with Gasteiger partial charge in [-0.2, -0.15) is 0 Å². The molecule has 0 atom stereocenters. The molecule has 2 fully saturated rings. The van der Waals surface area contributed by atoms with E-state index in [4.69, 9.17) is 4.98 Å².